The lowest BCUT2D eigenvalue weighted by atomic mass is 9.89. The molecule has 6 atom stereocenters. The minimum Gasteiger partial charge on any atom is -0.462 e. The molecular formula is C34H37F3N2O13S. The topological polar surface area (TPSA) is 199 Å². The summed E-state index contributed by atoms with van der Waals surface area (Å²) in [5.74, 6) is -8.53. The molecule has 2 unspecified atom stereocenters. The van der Waals surface area contributed by atoms with Crippen LogP contribution in [-0.2, 0) is 68.6 Å². The van der Waals surface area contributed by atoms with E-state index in [2.05, 4.69) is 5.32 Å². The van der Waals surface area contributed by atoms with Crippen LogP contribution in [0.1, 0.15) is 39.7 Å². The average Bonchev–Trinajstić information content (AvgIpc) is 3.08. The summed E-state index contributed by atoms with van der Waals surface area (Å²) in [6.45, 7) is 1.70. The Morgan fingerprint density at radius 2 is 1.45 bits per heavy atom. The molecule has 53 heavy (non-hydrogen) atoms. The van der Waals surface area contributed by atoms with E-state index in [9.17, 15) is 46.7 Å². The van der Waals surface area contributed by atoms with Crippen molar-refractivity contribution in [3.8, 4) is 0 Å². The summed E-state index contributed by atoms with van der Waals surface area (Å²) >= 11 is 0.791. The number of carbonyl (C=O) groups is 7. The Bertz CT molecular complexity index is 1630. The molecule has 0 bridgehead atoms. The van der Waals surface area contributed by atoms with Crippen molar-refractivity contribution in [2.75, 3.05) is 13.2 Å². The highest BCUT2D eigenvalue weighted by molar-refractivity contribution is 8.01. The number of thioether (sulfide) groups is 1. The van der Waals surface area contributed by atoms with Crippen LogP contribution in [-0.4, -0.2) is 96.4 Å². The van der Waals surface area contributed by atoms with E-state index in [1.54, 1.807) is 60.7 Å². The Morgan fingerprint density at radius 1 is 0.849 bits per heavy atom. The van der Waals surface area contributed by atoms with Gasteiger partial charge < -0.3 is 39.1 Å². The zero-order valence-corrected chi connectivity index (χ0v) is 29.7. The Kier molecular flexibility index (Phi) is 15.2. The van der Waals surface area contributed by atoms with Crippen LogP contribution < -0.4 is 10.6 Å². The molecule has 0 aromatic heterocycles. The third-order valence-corrected chi connectivity index (χ3v) is 8.44. The molecule has 2 amide bonds. The minimum absolute atomic E-state index is 0.266. The van der Waals surface area contributed by atoms with Gasteiger partial charge in [0.2, 0.25) is 10.8 Å². The smallest absolute Gasteiger partial charge is 0.462 e. The molecule has 3 rings (SSSR count). The van der Waals surface area contributed by atoms with Crippen molar-refractivity contribution in [1.29, 1.82) is 0 Å². The van der Waals surface area contributed by atoms with Crippen molar-refractivity contribution < 1.29 is 75.2 Å². The predicted molar refractivity (Wildman–Crippen MR) is 175 cm³/mol. The van der Waals surface area contributed by atoms with Gasteiger partial charge in [-0.3, -0.25) is 28.8 Å². The summed E-state index contributed by atoms with van der Waals surface area (Å²) in [6.07, 6.45) is -13.0. The number of esters is 5. The van der Waals surface area contributed by atoms with Gasteiger partial charge in [-0.2, -0.15) is 13.2 Å². The molecule has 0 radical (unpaired) electrons. The summed E-state index contributed by atoms with van der Waals surface area (Å²) in [5, 5.41) is 3.74. The number of hydrogen-bond acceptors (Lipinski definition) is 14. The second-order valence-electron chi connectivity index (χ2n) is 11.5. The molecule has 1 aliphatic heterocycles. The van der Waals surface area contributed by atoms with Gasteiger partial charge in [-0.25, -0.2) is 4.79 Å². The monoisotopic (exact) mass is 770 g/mol. The molecule has 1 saturated heterocycles. The van der Waals surface area contributed by atoms with Crippen molar-refractivity contribution in [3.63, 3.8) is 0 Å². The van der Waals surface area contributed by atoms with E-state index in [0.29, 0.717) is 10.5 Å². The first-order chi connectivity index (χ1) is 24.9. The van der Waals surface area contributed by atoms with Crippen LogP contribution >= 0.6 is 11.8 Å². The number of amides is 2. The Labute approximate surface area is 305 Å². The van der Waals surface area contributed by atoms with Gasteiger partial charge in [-0.15, -0.1) is 0 Å². The second-order valence-corrected chi connectivity index (χ2v) is 12.8. The van der Waals surface area contributed by atoms with E-state index in [1.165, 1.54) is 5.32 Å². The molecule has 0 saturated carbocycles. The van der Waals surface area contributed by atoms with Crippen molar-refractivity contribution in [2.24, 2.45) is 0 Å². The summed E-state index contributed by atoms with van der Waals surface area (Å²) in [7, 11) is 0. The molecule has 2 aromatic rings. The van der Waals surface area contributed by atoms with Crippen molar-refractivity contribution in [3.05, 3.63) is 66.2 Å². The SMILES string of the molecule is CC(=O)OC[C@@H](OC(C)=O)[C@@H](OC(C)=O)C1O[C@](Sc2ccccc2)(C(=O)OCc2ccccc2)CC(OC(C)=O)[C@H]1NC(=O)CNC(=O)C(F)(F)F. The highest BCUT2D eigenvalue weighted by Gasteiger charge is 2.59. The maximum atomic E-state index is 14.3. The third kappa shape index (κ3) is 13.1. The van der Waals surface area contributed by atoms with Crippen molar-refractivity contribution in [2.45, 2.75) is 87.2 Å². The highest BCUT2D eigenvalue weighted by atomic mass is 32.2. The number of benzene rings is 2. The van der Waals surface area contributed by atoms with E-state index in [1.807, 2.05) is 0 Å². The number of nitrogens with one attached hydrogen (secondary N) is 2. The first-order valence-corrected chi connectivity index (χ1v) is 16.6. The average molecular weight is 771 g/mol. The molecular weight excluding hydrogens is 733 g/mol. The Balaban J connectivity index is 2.22. The van der Waals surface area contributed by atoms with Gasteiger partial charge >= 0.3 is 41.9 Å². The lowest BCUT2D eigenvalue weighted by molar-refractivity contribution is -0.225. The zero-order valence-electron chi connectivity index (χ0n) is 28.8. The first-order valence-electron chi connectivity index (χ1n) is 15.8. The van der Waals surface area contributed by atoms with Gasteiger partial charge in [-0.05, 0) is 17.7 Å². The van der Waals surface area contributed by atoms with Gasteiger partial charge in [0.05, 0.1) is 12.6 Å². The van der Waals surface area contributed by atoms with Crippen LogP contribution in [0.5, 0.6) is 0 Å². The molecule has 19 heteroatoms. The molecule has 15 nitrogen and oxygen atoms in total. The minimum atomic E-state index is -5.33. The highest BCUT2D eigenvalue weighted by Crippen LogP contribution is 2.46. The lowest BCUT2D eigenvalue weighted by Gasteiger charge is -2.48. The number of alkyl halides is 3. The van der Waals surface area contributed by atoms with Gasteiger partial charge in [-0.1, -0.05) is 60.3 Å². The fourth-order valence-electron chi connectivity index (χ4n) is 5.12. The van der Waals surface area contributed by atoms with Crippen LogP contribution in [0.25, 0.3) is 0 Å². The summed E-state index contributed by atoms with van der Waals surface area (Å²) < 4.78 is 72.4. The quantitative estimate of drug-likeness (QED) is 0.198. The second kappa shape index (κ2) is 19.1. The Hall–Kier alpha value is -5.17. The van der Waals surface area contributed by atoms with Crippen LogP contribution in [0.15, 0.2) is 65.6 Å². The van der Waals surface area contributed by atoms with Crippen molar-refractivity contribution >= 4 is 53.4 Å². The fraction of sp³-hybridized carbons (Fsp3) is 0.441. The molecule has 1 heterocycles. The van der Waals surface area contributed by atoms with E-state index in [0.717, 1.165) is 39.5 Å². The summed E-state index contributed by atoms with van der Waals surface area (Å²) in [5.41, 5.74) is 0.574. The predicted octanol–water partition coefficient (Wildman–Crippen LogP) is 2.53. The van der Waals surface area contributed by atoms with E-state index in [-0.39, 0.29) is 6.61 Å². The summed E-state index contributed by atoms with van der Waals surface area (Å²) in [6, 6.07) is 15.0. The maximum Gasteiger partial charge on any atom is 0.471 e. The maximum absolute atomic E-state index is 14.3. The molecule has 0 aliphatic carbocycles. The summed E-state index contributed by atoms with van der Waals surface area (Å²) in [4.78, 5) is 86.3. The van der Waals surface area contributed by atoms with Gasteiger partial charge in [0.1, 0.15) is 25.4 Å². The Morgan fingerprint density at radius 3 is 2.00 bits per heavy atom. The van der Waals surface area contributed by atoms with Gasteiger partial charge in [0.25, 0.3) is 0 Å². The largest absolute Gasteiger partial charge is 0.471 e. The van der Waals surface area contributed by atoms with Crippen molar-refractivity contribution in [1.82, 2.24) is 10.6 Å². The molecule has 0 spiro atoms. The van der Waals surface area contributed by atoms with E-state index in [4.69, 9.17) is 28.4 Å². The molecule has 1 aliphatic rings. The van der Waals surface area contributed by atoms with E-state index >= 15 is 0 Å². The van der Waals surface area contributed by atoms with Crippen LogP contribution in [0.2, 0.25) is 0 Å². The normalized spacial score (nSPS) is 20.8. The number of hydrogen-bond donors (Lipinski definition) is 2. The molecule has 2 aromatic carbocycles. The number of ether oxygens (including phenoxy) is 6. The fourth-order valence-corrected chi connectivity index (χ4v) is 6.35. The van der Waals surface area contributed by atoms with Crippen LogP contribution in [0.3, 0.4) is 0 Å². The van der Waals surface area contributed by atoms with E-state index < -0.39 is 103 Å². The lowest BCUT2D eigenvalue weighted by Crippen LogP contribution is -2.68. The molecule has 2 N–H and O–H groups in total. The third-order valence-electron chi connectivity index (χ3n) is 7.17. The molecule has 288 valence electrons. The number of halogens is 3. The standard InChI is InChI=1S/C34H37F3N2O13S/c1-19(40)47-18-26(50-21(3)42)29(51-22(4)43)30-28(39-27(44)16-38-31(45)34(35,36)37)25(49-20(2)41)15-33(52-30,53-24-13-9-6-10-14-24)32(46)48-17-23-11-7-5-8-12-23/h5-14,25-26,28-30H,15-18H2,1-4H3,(H,38,45)(H,39,44)/t25?,26-,28-,29-,30?,33-/m1/s1. The first kappa shape index (κ1) is 42.2. The van der Waals surface area contributed by atoms with Crippen LogP contribution in [0, 0.1) is 0 Å². The number of carbonyl (C=O) groups excluding carboxylic acids is 7. The van der Waals surface area contributed by atoms with Gasteiger partial charge in [0, 0.05) is 39.0 Å². The number of rotatable bonds is 15. The zero-order chi connectivity index (χ0) is 39.3. The molecule has 1 fully saturated rings. The van der Waals surface area contributed by atoms with Crippen LogP contribution in [0.4, 0.5) is 13.2 Å². The van der Waals surface area contributed by atoms with Gasteiger partial charge in [0.15, 0.2) is 12.2 Å².